The summed E-state index contributed by atoms with van der Waals surface area (Å²) in [4.78, 5) is 2.49. The number of halogens is 3. The van der Waals surface area contributed by atoms with Crippen molar-refractivity contribution in [1.29, 1.82) is 5.26 Å². The van der Waals surface area contributed by atoms with Crippen LogP contribution in [-0.2, 0) is 18.0 Å². The van der Waals surface area contributed by atoms with Crippen LogP contribution in [0.1, 0.15) is 82.4 Å². The lowest BCUT2D eigenvalue weighted by atomic mass is 9.63. The summed E-state index contributed by atoms with van der Waals surface area (Å²) < 4.78 is 39.6. The van der Waals surface area contributed by atoms with Gasteiger partial charge in [-0.2, -0.15) is 18.4 Å². The van der Waals surface area contributed by atoms with Crippen molar-refractivity contribution in [3.8, 4) is 6.07 Å². The molecule has 0 radical (unpaired) electrons. The molecule has 2 atom stereocenters. The van der Waals surface area contributed by atoms with Crippen molar-refractivity contribution >= 4 is 0 Å². The summed E-state index contributed by atoms with van der Waals surface area (Å²) in [6.07, 6.45) is 3.35. The fourth-order valence-electron chi connectivity index (χ4n) is 5.84. The average Bonchev–Trinajstić information content (AvgIpc) is 2.85. The second kappa shape index (κ2) is 12.1. The molecular weight excluding hydrogens is 445 g/mol. The van der Waals surface area contributed by atoms with E-state index < -0.39 is 17.2 Å². The molecule has 1 aliphatic carbocycles. The Hall–Kier alpha value is -2.32. The van der Waals surface area contributed by atoms with Crippen LogP contribution >= 0.6 is 0 Å². The number of hydrogen-bond acceptors (Lipinski definition) is 2. The molecule has 2 unspecified atom stereocenters. The predicted molar refractivity (Wildman–Crippen MR) is 136 cm³/mol. The Morgan fingerprint density at radius 1 is 0.914 bits per heavy atom. The third kappa shape index (κ3) is 6.88. The summed E-state index contributed by atoms with van der Waals surface area (Å²) in [5.41, 5.74) is 0.647. The second-order valence-corrected chi connectivity index (χ2v) is 10.4. The van der Waals surface area contributed by atoms with E-state index in [4.69, 9.17) is 0 Å². The van der Waals surface area contributed by atoms with Gasteiger partial charge in [0.1, 0.15) is 0 Å². The third-order valence-corrected chi connectivity index (χ3v) is 7.92. The minimum atomic E-state index is -4.37. The van der Waals surface area contributed by atoms with Crippen molar-refractivity contribution in [2.45, 2.75) is 95.8 Å². The van der Waals surface area contributed by atoms with Gasteiger partial charge in [-0.1, -0.05) is 61.7 Å². The third-order valence-electron chi connectivity index (χ3n) is 7.92. The average molecular weight is 485 g/mol. The van der Waals surface area contributed by atoms with Crippen LogP contribution in [0.15, 0.2) is 54.6 Å². The number of alkyl halides is 3. The summed E-state index contributed by atoms with van der Waals surface area (Å²) in [5.74, 6) is 0.182. The molecule has 0 saturated heterocycles. The van der Waals surface area contributed by atoms with E-state index in [9.17, 15) is 18.4 Å². The first-order chi connectivity index (χ1) is 16.7. The number of nitrogens with zero attached hydrogens (tertiary/aromatic N) is 2. The van der Waals surface area contributed by atoms with Gasteiger partial charge in [0.05, 0.1) is 17.0 Å². The highest BCUT2D eigenvalue weighted by atomic mass is 19.4. The molecule has 190 valence electrons. The van der Waals surface area contributed by atoms with Crippen molar-refractivity contribution in [2.75, 3.05) is 6.54 Å². The summed E-state index contributed by atoms with van der Waals surface area (Å²) >= 11 is 0. The van der Waals surface area contributed by atoms with Crippen molar-refractivity contribution in [3.63, 3.8) is 0 Å². The topological polar surface area (TPSA) is 27.0 Å². The first kappa shape index (κ1) is 27.3. The number of rotatable bonds is 10. The van der Waals surface area contributed by atoms with Crippen LogP contribution in [-0.4, -0.2) is 23.5 Å². The molecule has 0 N–H and O–H groups in total. The monoisotopic (exact) mass is 484 g/mol. The molecule has 35 heavy (non-hydrogen) atoms. The van der Waals surface area contributed by atoms with Gasteiger partial charge in [0, 0.05) is 18.6 Å². The van der Waals surface area contributed by atoms with Crippen molar-refractivity contribution in [1.82, 2.24) is 4.90 Å². The fourth-order valence-corrected chi connectivity index (χ4v) is 5.84. The maximum absolute atomic E-state index is 13.2. The summed E-state index contributed by atoms with van der Waals surface area (Å²) in [6.45, 7) is 7.57. The molecule has 0 amide bonds. The van der Waals surface area contributed by atoms with Gasteiger partial charge in [0.15, 0.2) is 0 Å². The highest BCUT2D eigenvalue weighted by molar-refractivity contribution is 5.37. The summed E-state index contributed by atoms with van der Waals surface area (Å²) in [6, 6.07) is 19.1. The summed E-state index contributed by atoms with van der Waals surface area (Å²) in [5, 5.41) is 10.5. The van der Waals surface area contributed by atoms with E-state index in [1.165, 1.54) is 12.0 Å². The Balaban J connectivity index is 1.80. The molecule has 2 aromatic carbocycles. The van der Waals surface area contributed by atoms with Gasteiger partial charge >= 0.3 is 6.18 Å². The lowest BCUT2D eigenvalue weighted by molar-refractivity contribution is -0.137. The Labute approximate surface area is 209 Å². The van der Waals surface area contributed by atoms with Crippen LogP contribution in [0.2, 0.25) is 0 Å². The Morgan fingerprint density at radius 3 is 2.06 bits per heavy atom. The number of benzene rings is 2. The van der Waals surface area contributed by atoms with Gasteiger partial charge < -0.3 is 0 Å². The SMILES string of the molecule is CC(C)N(CCc1ccccc1)C(C)CCC(C#N)(c1ccc(C(F)(F)F)cc1)C1CCCCC1. The zero-order valence-electron chi connectivity index (χ0n) is 21.3. The highest BCUT2D eigenvalue weighted by Crippen LogP contribution is 2.45. The molecule has 0 aromatic heterocycles. The van der Waals surface area contributed by atoms with Gasteiger partial charge in [0.2, 0.25) is 0 Å². The van der Waals surface area contributed by atoms with E-state index >= 15 is 0 Å². The quantitative estimate of drug-likeness (QED) is 0.340. The Kier molecular flexibility index (Phi) is 9.41. The Morgan fingerprint density at radius 2 is 1.51 bits per heavy atom. The maximum Gasteiger partial charge on any atom is 0.416 e. The van der Waals surface area contributed by atoms with Gasteiger partial charge in [0.25, 0.3) is 0 Å². The van der Waals surface area contributed by atoms with Crippen molar-refractivity contribution in [2.24, 2.45) is 5.92 Å². The van der Waals surface area contributed by atoms with Gasteiger partial charge in [-0.3, -0.25) is 4.90 Å². The van der Waals surface area contributed by atoms with Crippen LogP contribution in [0, 0.1) is 17.2 Å². The lowest BCUT2D eigenvalue weighted by Crippen LogP contribution is -2.42. The molecular formula is C30H39F3N2. The molecule has 5 heteroatoms. The van der Waals surface area contributed by atoms with Crippen molar-refractivity contribution in [3.05, 3.63) is 71.3 Å². The van der Waals surface area contributed by atoms with E-state index in [0.717, 1.165) is 62.8 Å². The molecule has 2 nitrogen and oxygen atoms in total. The smallest absolute Gasteiger partial charge is 0.298 e. The maximum atomic E-state index is 13.2. The van der Waals surface area contributed by atoms with Gasteiger partial charge in [-0.15, -0.1) is 0 Å². The molecule has 1 saturated carbocycles. The van der Waals surface area contributed by atoms with E-state index in [2.05, 4.69) is 56.0 Å². The Bertz CT molecular complexity index is 940. The first-order valence-electron chi connectivity index (χ1n) is 13.1. The van der Waals surface area contributed by atoms with Crippen LogP contribution in [0.5, 0.6) is 0 Å². The number of hydrogen-bond donors (Lipinski definition) is 0. The molecule has 0 bridgehead atoms. The van der Waals surface area contributed by atoms with Gasteiger partial charge in [-0.25, -0.2) is 0 Å². The van der Waals surface area contributed by atoms with Crippen LogP contribution in [0.25, 0.3) is 0 Å². The minimum Gasteiger partial charge on any atom is -0.298 e. The standard InChI is InChI=1S/C30H39F3N2/c1-23(2)35(21-19-25-10-6-4-7-11-25)24(3)18-20-29(22-34,26-12-8-5-9-13-26)27-14-16-28(17-15-27)30(31,32)33/h4,6-7,10-11,14-17,23-24,26H,5,8-9,12-13,18-21H2,1-3H3. The molecule has 1 fully saturated rings. The van der Waals surface area contributed by atoms with Crippen molar-refractivity contribution < 1.29 is 13.2 Å². The largest absolute Gasteiger partial charge is 0.416 e. The van der Waals surface area contributed by atoms with Crippen LogP contribution in [0.3, 0.4) is 0 Å². The highest BCUT2D eigenvalue weighted by Gasteiger charge is 2.42. The molecule has 0 aliphatic heterocycles. The van der Waals surface area contributed by atoms with E-state index in [1.807, 2.05) is 6.07 Å². The van der Waals surface area contributed by atoms with E-state index in [0.29, 0.717) is 12.5 Å². The lowest BCUT2D eigenvalue weighted by Gasteiger charge is -2.40. The number of nitriles is 1. The molecule has 3 rings (SSSR count). The minimum absolute atomic E-state index is 0.182. The zero-order valence-corrected chi connectivity index (χ0v) is 21.3. The van der Waals surface area contributed by atoms with E-state index in [-0.39, 0.29) is 12.0 Å². The molecule has 2 aromatic rings. The van der Waals surface area contributed by atoms with E-state index in [1.54, 1.807) is 12.1 Å². The molecule has 1 aliphatic rings. The summed E-state index contributed by atoms with van der Waals surface area (Å²) in [7, 11) is 0. The van der Waals surface area contributed by atoms with Crippen LogP contribution < -0.4 is 0 Å². The second-order valence-electron chi connectivity index (χ2n) is 10.4. The molecule has 0 heterocycles. The predicted octanol–water partition coefficient (Wildman–Crippen LogP) is 8.17. The fraction of sp³-hybridized carbons (Fsp3) is 0.567. The zero-order chi connectivity index (χ0) is 25.5. The van der Waals surface area contributed by atoms with Gasteiger partial charge in [-0.05, 0) is 82.1 Å². The molecule has 0 spiro atoms. The van der Waals surface area contributed by atoms with Crippen LogP contribution in [0.4, 0.5) is 13.2 Å². The first-order valence-corrected chi connectivity index (χ1v) is 13.1. The normalized spacial score (nSPS) is 17.8.